The molecule has 0 saturated heterocycles. The Kier molecular flexibility index (Phi) is 8.43. The Morgan fingerprint density at radius 3 is 2.31 bits per heavy atom. The van der Waals surface area contributed by atoms with Crippen LogP contribution in [0.5, 0.6) is 0 Å². The summed E-state index contributed by atoms with van der Waals surface area (Å²) < 4.78 is 2.60. The molecule has 0 saturated carbocycles. The van der Waals surface area contributed by atoms with Crippen molar-refractivity contribution in [3.63, 3.8) is 0 Å². The first-order valence-electron chi connectivity index (χ1n) is 11.8. The van der Waals surface area contributed by atoms with Crippen molar-refractivity contribution in [2.45, 2.75) is 27.2 Å². The molecule has 0 bridgehead atoms. The Morgan fingerprint density at radius 2 is 1.50 bits per heavy atom. The van der Waals surface area contributed by atoms with E-state index in [4.69, 9.17) is 0 Å². The normalized spacial score (nSPS) is 10.5. The molecule has 6 aromatic rings. The Labute approximate surface area is 230 Å². The van der Waals surface area contributed by atoms with Gasteiger partial charge in [0.25, 0.3) is 0 Å². The van der Waals surface area contributed by atoms with E-state index in [0.717, 1.165) is 28.9 Å². The van der Waals surface area contributed by atoms with Gasteiger partial charge in [-0.3, -0.25) is 0 Å². The van der Waals surface area contributed by atoms with Crippen LogP contribution in [0.4, 0.5) is 0 Å². The number of nitrogens with zero attached hydrogens (tertiary/aromatic N) is 2. The van der Waals surface area contributed by atoms with Gasteiger partial charge in [-0.1, -0.05) is 60.7 Å². The second-order valence-corrected chi connectivity index (χ2v) is 9.65. The predicted octanol–water partition coefficient (Wildman–Crippen LogP) is 8.64. The summed E-state index contributed by atoms with van der Waals surface area (Å²) >= 11 is 1.83. The smallest absolute Gasteiger partial charge is 0.0239 e. The third kappa shape index (κ3) is 5.63. The van der Waals surface area contributed by atoms with Crippen LogP contribution in [-0.4, -0.2) is 9.97 Å². The minimum absolute atomic E-state index is 0. The summed E-state index contributed by atoms with van der Waals surface area (Å²) in [5, 5.41) is 2.62. The fourth-order valence-electron chi connectivity index (χ4n) is 4.12. The fourth-order valence-corrected chi connectivity index (χ4v) is 5.33. The van der Waals surface area contributed by atoms with Crippen LogP contribution in [0.3, 0.4) is 0 Å². The molecule has 0 spiro atoms. The molecule has 0 atom stereocenters. The van der Waals surface area contributed by atoms with Crippen LogP contribution in [0, 0.1) is 26.0 Å². The maximum atomic E-state index is 4.55. The molecule has 0 aliphatic heterocycles. The Hall–Kier alpha value is -3.17. The Balaban J connectivity index is 0.000000178. The van der Waals surface area contributed by atoms with Gasteiger partial charge in [0.2, 0.25) is 0 Å². The van der Waals surface area contributed by atoms with Gasteiger partial charge in [-0.25, -0.2) is 0 Å². The molecule has 3 aromatic heterocycles. The van der Waals surface area contributed by atoms with Crippen molar-refractivity contribution in [1.82, 2.24) is 9.97 Å². The number of rotatable bonds is 3. The van der Waals surface area contributed by atoms with Gasteiger partial charge in [0.15, 0.2) is 0 Å². The first kappa shape index (κ1) is 25.9. The van der Waals surface area contributed by atoms with E-state index in [1.165, 1.54) is 36.9 Å². The summed E-state index contributed by atoms with van der Waals surface area (Å²) in [6.07, 6.45) is 4.76. The predicted molar refractivity (Wildman–Crippen MR) is 149 cm³/mol. The van der Waals surface area contributed by atoms with Crippen molar-refractivity contribution in [1.29, 1.82) is 0 Å². The van der Waals surface area contributed by atoms with Crippen LogP contribution in [0.15, 0.2) is 91.3 Å². The number of aryl methyl sites for hydroxylation is 3. The molecule has 3 aromatic carbocycles. The van der Waals surface area contributed by atoms with Crippen LogP contribution in [0.25, 0.3) is 42.7 Å². The Bertz CT molecular complexity index is 1580. The van der Waals surface area contributed by atoms with Crippen LogP contribution in [-0.2, 0) is 26.5 Å². The summed E-state index contributed by atoms with van der Waals surface area (Å²) in [6, 6.07) is 33.7. The standard InChI is InChI=1S/C19H14NS.C13H12N.Ir/c1-2-13-10-11-20-17(12-13)16-8-5-7-15-14-6-3-4-9-18(14)21-19(15)16;1-10-4-3-5-12(8-10)13-9-11(2)6-7-14-13;/h3-7,9-12H,2H2,1H3;3-4,6-9H,1-2H3;/q2*-1;. The van der Waals surface area contributed by atoms with Gasteiger partial charge >= 0.3 is 0 Å². The maximum absolute atomic E-state index is 4.55. The third-order valence-electron chi connectivity index (χ3n) is 5.98. The van der Waals surface area contributed by atoms with Gasteiger partial charge in [-0.2, -0.15) is 11.3 Å². The summed E-state index contributed by atoms with van der Waals surface area (Å²) in [6.45, 7) is 6.32. The van der Waals surface area contributed by atoms with Crippen LogP contribution < -0.4 is 0 Å². The van der Waals surface area contributed by atoms with Gasteiger partial charge in [0.05, 0.1) is 0 Å². The monoisotopic (exact) mass is 663 g/mol. The zero-order valence-electron chi connectivity index (χ0n) is 20.5. The van der Waals surface area contributed by atoms with Crippen molar-refractivity contribution in [3.05, 3.63) is 120 Å². The van der Waals surface area contributed by atoms with Gasteiger partial charge in [-0.15, -0.1) is 59.2 Å². The molecular formula is C32H26IrN2S-2. The number of thiophene rings is 1. The van der Waals surface area contributed by atoms with Crippen LogP contribution in [0.1, 0.15) is 23.6 Å². The maximum Gasteiger partial charge on any atom is 0.0239 e. The second kappa shape index (κ2) is 11.7. The van der Waals surface area contributed by atoms with E-state index in [-0.39, 0.29) is 20.1 Å². The van der Waals surface area contributed by atoms with E-state index >= 15 is 0 Å². The average molecular weight is 663 g/mol. The molecular weight excluding hydrogens is 637 g/mol. The van der Waals surface area contributed by atoms with E-state index in [0.29, 0.717) is 0 Å². The summed E-state index contributed by atoms with van der Waals surface area (Å²) in [5.41, 5.74) is 7.97. The topological polar surface area (TPSA) is 25.8 Å². The van der Waals surface area contributed by atoms with Crippen molar-refractivity contribution in [2.24, 2.45) is 0 Å². The molecule has 0 unspecified atom stereocenters. The average Bonchev–Trinajstić information content (AvgIpc) is 3.28. The zero-order valence-corrected chi connectivity index (χ0v) is 23.7. The molecule has 1 radical (unpaired) electrons. The third-order valence-corrected chi connectivity index (χ3v) is 7.18. The summed E-state index contributed by atoms with van der Waals surface area (Å²) in [7, 11) is 0. The minimum atomic E-state index is 0. The number of fused-ring (bicyclic) bond motifs is 3. The molecule has 6 rings (SSSR count). The molecule has 0 N–H and O–H groups in total. The largest absolute Gasteiger partial charge is 0.305 e. The quantitative estimate of drug-likeness (QED) is 0.177. The van der Waals surface area contributed by atoms with E-state index in [1.54, 1.807) is 0 Å². The van der Waals surface area contributed by atoms with Gasteiger partial charge < -0.3 is 9.97 Å². The zero-order chi connectivity index (χ0) is 24.2. The molecule has 0 aliphatic carbocycles. The number of aromatic nitrogens is 2. The molecule has 4 heteroatoms. The molecule has 2 nitrogen and oxygen atoms in total. The number of pyridine rings is 2. The van der Waals surface area contributed by atoms with E-state index < -0.39 is 0 Å². The van der Waals surface area contributed by atoms with E-state index in [9.17, 15) is 0 Å². The van der Waals surface area contributed by atoms with Crippen molar-refractivity contribution < 1.29 is 20.1 Å². The fraction of sp³-hybridized carbons (Fsp3) is 0.125. The van der Waals surface area contributed by atoms with Crippen LogP contribution >= 0.6 is 11.3 Å². The van der Waals surface area contributed by atoms with Gasteiger partial charge in [0, 0.05) is 37.2 Å². The summed E-state index contributed by atoms with van der Waals surface area (Å²) in [4.78, 5) is 8.87. The number of benzene rings is 3. The minimum Gasteiger partial charge on any atom is -0.305 e. The van der Waals surface area contributed by atoms with Crippen molar-refractivity contribution >= 4 is 31.5 Å². The van der Waals surface area contributed by atoms with E-state index in [1.807, 2.05) is 48.0 Å². The first-order valence-corrected chi connectivity index (χ1v) is 12.6. The molecule has 3 heterocycles. The molecule has 181 valence electrons. The van der Waals surface area contributed by atoms with Crippen LogP contribution in [0.2, 0.25) is 0 Å². The molecule has 36 heavy (non-hydrogen) atoms. The SMILES string of the molecule is CCc1ccnc(-c2[c-]ccc3c2sc2ccccc23)c1.Cc1cc[c-]c(-c2cc(C)ccn2)c1.[Ir]. The number of hydrogen-bond donors (Lipinski definition) is 0. The summed E-state index contributed by atoms with van der Waals surface area (Å²) in [5.74, 6) is 0. The molecule has 0 fully saturated rings. The molecule has 0 aliphatic rings. The van der Waals surface area contributed by atoms with Crippen molar-refractivity contribution in [2.75, 3.05) is 0 Å². The molecule has 0 amide bonds. The Morgan fingerprint density at radius 1 is 0.750 bits per heavy atom. The number of hydrogen-bond acceptors (Lipinski definition) is 3. The van der Waals surface area contributed by atoms with Crippen molar-refractivity contribution in [3.8, 4) is 22.5 Å². The second-order valence-electron chi connectivity index (χ2n) is 8.59. The van der Waals surface area contributed by atoms with E-state index in [2.05, 4.69) is 97.5 Å². The van der Waals surface area contributed by atoms with Gasteiger partial charge in [-0.05, 0) is 53.0 Å². The van der Waals surface area contributed by atoms with Gasteiger partial charge in [0.1, 0.15) is 0 Å². The first-order chi connectivity index (χ1) is 17.1.